The zero-order chi connectivity index (χ0) is 52.0. The molecule has 3 aromatic carbocycles. The van der Waals surface area contributed by atoms with Crippen LogP contribution in [0.15, 0.2) is 61.2 Å². The van der Waals surface area contributed by atoms with Gasteiger partial charge in [-0.3, -0.25) is 19.2 Å². The number of hydrogen-bond acceptors (Lipinski definition) is 15. The third-order valence-electron chi connectivity index (χ3n) is 13.5. The van der Waals surface area contributed by atoms with Crippen LogP contribution in [0.4, 0.5) is 21.0 Å². The lowest BCUT2D eigenvalue weighted by molar-refractivity contribution is -0.129. The molecule has 0 aliphatic carbocycles. The fourth-order valence-electron chi connectivity index (χ4n) is 9.67. The van der Waals surface area contributed by atoms with Crippen molar-refractivity contribution < 1.29 is 67.7 Å². The molecule has 386 valence electrons. The quantitative estimate of drug-likeness (QED) is 0.0637. The van der Waals surface area contributed by atoms with Crippen molar-refractivity contribution >= 4 is 54.1 Å². The first-order valence-electron chi connectivity index (χ1n) is 24.4. The second-order valence-corrected chi connectivity index (χ2v) is 18.9. The lowest BCUT2D eigenvalue weighted by Gasteiger charge is -2.34. The van der Waals surface area contributed by atoms with Gasteiger partial charge in [-0.25, -0.2) is 14.5 Å². The van der Waals surface area contributed by atoms with Crippen molar-refractivity contribution in [2.75, 3.05) is 49.7 Å². The van der Waals surface area contributed by atoms with E-state index in [1.807, 2.05) is 0 Å². The first-order valence-corrected chi connectivity index (χ1v) is 24.4. The van der Waals surface area contributed by atoms with Gasteiger partial charge in [0, 0.05) is 43.8 Å². The number of nitrogens with one attached hydrogen (secondary N) is 2. The Balaban J connectivity index is 0.987. The molecule has 2 saturated heterocycles. The number of ketones is 1. The minimum absolute atomic E-state index is 0.0104. The van der Waals surface area contributed by atoms with Gasteiger partial charge in [-0.05, 0) is 81.1 Å². The average molecular weight is 997 g/mol. The van der Waals surface area contributed by atoms with Crippen LogP contribution in [0.1, 0.15) is 90.3 Å². The van der Waals surface area contributed by atoms with Gasteiger partial charge < -0.3 is 64.2 Å². The Bertz CT molecular complexity index is 2520. The maximum Gasteiger partial charge on any atom is 0.416 e. The van der Waals surface area contributed by atoms with E-state index in [1.165, 1.54) is 24.8 Å². The van der Waals surface area contributed by atoms with Crippen LogP contribution in [0.25, 0.3) is 0 Å². The SMILES string of the molecule is C=CCOC(=O)N[C@H](C(=O)N[C@@H](C)C(=O)Cc1ccc(COC(=O)N2c3cc(OCCCOc4cc5c(cc4OC)C(=O)N4CCC[C@H]4[C@H](O)N5B(C)O)c(C)cc3C(=O)N3CCC[C@H]3[C@@H]2O)cc1)C(C)C. The Morgan fingerprint density at radius 1 is 0.819 bits per heavy atom. The predicted octanol–water partition coefficient (Wildman–Crippen LogP) is 4.34. The summed E-state index contributed by atoms with van der Waals surface area (Å²) in [5.74, 6) is -0.738. The summed E-state index contributed by atoms with van der Waals surface area (Å²) in [6, 6.07) is 10.2. The van der Waals surface area contributed by atoms with Gasteiger partial charge >= 0.3 is 19.2 Å². The molecule has 7 rings (SSSR count). The molecule has 4 aliphatic rings. The average Bonchev–Trinajstić information content (AvgIpc) is 4.03. The number of ether oxygens (including phenoxy) is 5. The Morgan fingerprint density at radius 2 is 1.42 bits per heavy atom. The molecule has 4 aliphatic heterocycles. The van der Waals surface area contributed by atoms with Gasteiger partial charge in [-0.1, -0.05) is 50.8 Å². The first kappa shape index (κ1) is 53.0. The predicted molar refractivity (Wildman–Crippen MR) is 265 cm³/mol. The van der Waals surface area contributed by atoms with E-state index in [-0.39, 0.29) is 73.2 Å². The van der Waals surface area contributed by atoms with Crippen LogP contribution in [0, 0.1) is 12.8 Å². The molecule has 5 N–H and O–H groups in total. The number of benzene rings is 3. The maximum absolute atomic E-state index is 14.1. The fourth-order valence-corrected chi connectivity index (χ4v) is 9.67. The molecule has 0 bridgehead atoms. The molecule has 6 atom stereocenters. The van der Waals surface area contributed by atoms with Crippen molar-refractivity contribution in [2.24, 2.45) is 5.92 Å². The van der Waals surface area contributed by atoms with E-state index in [9.17, 15) is 44.0 Å². The van der Waals surface area contributed by atoms with E-state index < -0.39 is 61.8 Å². The molecule has 0 aromatic heterocycles. The number of fused-ring (bicyclic) bond motifs is 4. The minimum atomic E-state index is -1.43. The first-order chi connectivity index (χ1) is 34.4. The van der Waals surface area contributed by atoms with Gasteiger partial charge in [0.05, 0.1) is 55.3 Å². The van der Waals surface area contributed by atoms with E-state index in [1.54, 1.807) is 86.0 Å². The van der Waals surface area contributed by atoms with Crippen molar-refractivity contribution in [3.05, 3.63) is 89.0 Å². The number of methoxy groups -OCH3 is 1. The summed E-state index contributed by atoms with van der Waals surface area (Å²) in [5, 5.41) is 39.1. The van der Waals surface area contributed by atoms with Gasteiger partial charge in [0.2, 0.25) is 5.91 Å². The Hall–Kier alpha value is -6.84. The zero-order valence-corrected chi connectivity index (χ0v) is 41.6. The molecule has 4 heterocycles. The van der Waals surface area contributed by atoms with E-state index in [0.29, 0.717) is 78.4 Å². The molecule has 0 radical (unpaired) electrons. The van der Waals surface area contributed by atoms with Crippen molar-refractivity contribution in [3.63, 3.8) is 0 Å². The third kappa shape index (κ3) is 11.4. The van der Waals surface area contributed by atoms with Gasteiger partial charge in [0.15, 0.2) is 23.5 Å². The molecule has 20 nitrogen and oxygen atoms in total. The van der Waals surface area contributed by atoms with Crippen LogP contribution in [-0.4, -0.2) is 144 Å². The largest absolute Gasteiger partial charge is 0.493 e. The highest BCUT2D eigenvalue weighted by atomic mass is 16.6. The third-order valence-corrected chi connectivity index (χ3v) is 13.5. The second-order valence-electron chi connectivity index (χ2n) is 18.9. The Kier molecular flexibility index (Phi) is 17.0. The second kappa shape index (κ2) is 23.1. The number of aryl methyl sites for hydroxylation is 1. The highest BCUT2D eigenvalue weighted by molar-refractivity contribution is 6.54. The molecule has 3 aromatic rings. The summed E-state index contributed by atoms with van der Waals surface area (Å²) >= 11 is 0. The molecule has 5 amide bonds. The van der Waals surface area contributed by atoms with Gasteiger partial charge in [0.25, 0.3) is 11.8 Å². The summed E-state index contributed by atoms with van der Waals surface area (Å²) < 4.78 is 28.7. The van der Waals surface area contributed by atoms with Crippen molar-refractivity contribution in [1.82, 2.24) is 20.4 Å². The summed E-state index contributed by atoms with van der Waals surface area (Å²) in [7, 11) is 0.345. The summed E-state index contributed by atoms with van der Waals surface area (Å²) in [6.45, 7) is 12.8. The Labute approximate surface area is 419 Å². The fraction of sp³-hybridized carbons (Fsp3) is 0.490. The molecule has 2 fully saturated rings. The highest BCUT2D eigenvalue weighted by Gasteiger charge is 2.46. The van der Waals surface area contributed by atoms with Crippen molar-refractivity contribution in [2.45, 2.75) is 116 Å². The van der Waals surface area contributed by atoms with Crippen LogP contribution in [0.5, 0.6) is 17.2 Å². The van der Waals surface area contributed by atoms with Crippen LogP contribution in [-0.2, 0) is 32.1 Å². The zero-order valence-electron chi connectivity index (χ0n) is 41.6. The monoisotopic (exact) mass is 996 g/mol. The summed E-state index contributed by atoms with van der Waals surface area (Å²) in [6.07, 6.45) is -0.0386. The van der Waals surface area contributed by atoms with Gasteiger partial charge in [-0.15, -0.1) is 0 Å². The number of aliphatic hydroxyl groups excluding tert-OH is 2. The topological polar surface area (TPSA) is 246 Å². The molecular weight excluding hydrogens is 931 g/mol. The molecule has 21 heteroatoms. The lowest BCUT2D eigenvalue weighted by atomic mass is 9.82. The number of carbonyl (C=O) groups is 6. The molecule has 72 heavy (non-hydrogen) atoms. The number of aliphatic hydroxyl groups is 2. The van der Waals surface area contributed by atoms with Crippen LogP contribution in [0.2, 0.25) is 6.82 Å². The van der Waals surface area contributed by atoms with E-state index >= 15 is 0 Å². The van der Waals surface area contributed by atoms with Gasteiger partial charge in [0.1, 0.15) is 31.2 Å². The minimum Gasteiger partial charge on any atom is -0.493 e. The van der Waals surface area contributed by atoms with Crippen LogP contribution in [0.3, 0.4) is 0 Å². The highest BCUT2D eigenvalue weighted by Crippen LogP contribution is 2.42. The number of rotatable bonds is 19. The van der Waals surface area contributed by atoms with Gasteiger partial charge in [-0.2, -0.15) is 0 Å². The number of amides is 5. The maximum atomic E-state index is 14.1. The number of hydrogen-bond donors (Lipinski definition) is 5. The van der Waals surface area contributed by atoms with Crippen molar-refractivity contribution in [1.29, 1.82) is 0 Å². The lowest BCUT2D eigenvalue weighted by Crippen LogP contribution is -2.53. The normalized spacial score (nSPS) is 20.0. The van der Waals surface area contributed by atoms with E-state index in [2.05, 4.69) is 17.2 Å². The Morgan fingerprint density at radius 3 is 2.03 bits per heavy atom. The van der Waals surface area contributed by atoms with Crippen molar-refractivity contribution in [3.8, 4) is 17.2 Å². The number of carbonyl (C=O) groups excluding carboxylic acids is 6. The van der Waals surface area contributed by atoms with E-state index in [4.69, 9.17) is 23.7 Å². The standard InChI is InChI=1S/C51H65BN6O14/c1-8-20-71-50(65)54-44(29(2)3)45(60)53-31(5)40(59)24-32-14-16-33(17-15-32)28-72-51(66)57-38-26-41(30(4)23-34(38)46(61)55-18-9-12-36(55)48(57)63)69-21-11-22-70-43-27-39-35(25-42(43)68-7)47(62)56-19-10-13-37(56)49(64)58(39)52(6)67/h8,14-17,23,25-27,29,31,36-37,44,48-49,63-64,67H,1,9-13,18-22,24,28H2,2-7H3,(H,53,60)(H,54,65)/t31-,36-,37-,44-,48-,49-/m0/s1. The molecular formula is C51H65BN6O14. The molecule has 0 saturated carbocycles. The van der Waals surface area contributed by atoms with Crippen LogP contribution >= 0.6 is 0 Å². The van der Waals surface area contributed by atoms with Crippen LogP contribution < -0.4 is 34.6 Å². The number of nitrogens with zero attached hydrogens (tertiary/aromatic N) is 4. The van der Waals surface area contributed by atoms with E-state index in [0.717, 1.165) is 11.3 Å². The summed E-state index contributed by atoms with van der Waals surface area (Å²) in [5.41, 5.74) is 2.77. The summed E-state index contributed by atoms with van der Waals surface area (Å²) in [4.78, 5) is 85.7. The molecule has 0 spiro atoms. The number of anilines is 2. The number of alkyl carbamates (subject to hydrolysis) is 1. The number of Topliss-reactive ketones (excluding diaryl/α,β-unsaturated/α-hetero) is 1. The molecule has 0 unspecified atom stereocenters. The smallest absolute Gasteiger partial charge is 0.416 e.